The van der Waals surface area contributed by atoms with E-state index in [0.29, 0.717) is 23.3 Å². The van der Waals surface area contributed by atoms with E-state index in [2.05, 4.69) is 19.9 Å². The van der Waals surface area contributed by atoms with Gasteiger partial charge in [-0.3, -0.25) is 4.79 Å². The van der Waals surface area contributed by atoms with Crippen LogP contribution in [-0.4, -0.2) is 24.1 Å². The van der Waals surface area contributed by atoms with Gasteiger partial charge in [-0.25, -0.2) is 4.79 Å². The standard InChI is InChI=1S/C28H36O4/c1-18(29)31-25-12-11-23-22-10-9-20-17-21(32-26(30)19-7-5-4-6-8-19)13-15-27(20,2)24(22)14-16-28(23,25)3/h4-9,21-25H,10-17H2,1-3H3/t21-,22+,23-,24+,25-,27+,28+/m1/s1. The predicted octanol–water partition coefficient (Wildman–Crippen LogP) is 6.11. The van der Waals surface area contributed by atoms with E-state index < -0.39 is 0 Å². The second kappa shape index (κ2) is 8.04. The van der Waals surface area contributed by atoms with E-state index >= 15 is 0 Å². The van der Waals surface area contributed by atoms with Crippen LogP contribution < -0.4 is 0 Å². The number of benzene rings is 1. The fourth-order valence-corrected chi connectivity index (χ4v) is 7.87. The van der Waals surface area contributed by atoms with E-state index in [9.17, 15) is 9.59 Å². The van der Waals surface area contributed by atoms with Gasteiger partial charge < -0.3 is 9.47 Å². The van der Waals surface area contributed by atoms with Gasteiger partial charge in [-0.05, 0) is 80.2 Å². The monoisotopic (exact) mass is 436 g/mol. The van der Waals surface area contributed by atoms with Crippen molar-refractivity contribution in [1.82, 2.24) is 0 Å². The lowest BCUT2D eigenvalue weighted by atomic mass is 9.48. The molecule has 0 spiro atoms. The number of ether oxygens (including phenoxy) is 2. The highest BCUT2D eigenvalue weighted by Crippen LogP contribution is 2.65. The Morgan fingerprint density at radius 2 is 1.72 bits per heavy atom. The van der Waals surface area contributed by atoms with Crippen molar-refractivity contribution in [3.63, 3.8) is 0 Å². The van der Waals surface area contributed by atoms with E-state index in [-0.39, 0.29) is 35.0 Å². The molecule has 0 unspecified atom stereocenters. The molecule has 172 valence electrons. The summed E-state index contributed by atoms with van der Waals surface area (Å²) in [5, 5.41) is 0. The molecule has 1 aromatic rings. The maximum atomic E-state index is 12.6. The molecule has 0 saturated heterocycles. The van der Waals surface area contributed by atoms with Gasteiger partial charge in [0.05, 0.1) is 5.56 Å². The zero-order chi connectivity index (χ0) is 22.5. The van der Waals surface area contributed by atoms with Crippen LogP contribution in [0.1, 0.15) is 82.5 Å². The van der Waals surface area contributed by atoms with E-state index in [1.807, 2.05) is 30.3 Å². The minimum Gasteiger partial charge on any atom is -0.462 e. The number of allylic oxidation sites excluding steroid dienone is 1. The molecule has 0 bridgehead atoms. The molecule has 4 nitrogen and oxygen atoms in total. The third-order valence-electron chi connectivity index (χ3n) is 9.56. The summed E-state index contributed by atoms with van der Waals surface area (Å²) in [6.45, 7) is 6.38. The number of carbonyl (C=O) groups excluding carboxylic acids is 2. The van der Waals surface area contributed by atoms with Gasteiger partial charge in [0, 0.05) is 18.8 Å². The van der Waals surface area contributed by atoms with E-state index in [1.54, 1.807) is 6.92 Å². The fourth-order valence-electron chi connectivity index (χ4n) is 7.87. The Morgan fingerprint density at radius 3 is 2.47 bits per heavy atom. The molecule has 0 radical (unpaired) electrons. The minimum absolute atomic E-state index is 0.0211. The Kier molecular flexibility index (Phi) is 5.46. The zero-order valence-corrected chi connectivity index (χ0v) is 19.6. The average molecular weight is 437 g/mol. The van der Waals surface area contributed by atoms with Crippen molar-refractivity contribution in [3.8, 4) is 0 Å². The lowest BCUT2D eigenvalue weighted by Crippen LogP contribution is -2.51. The van der Waals surface area contributed by atoms with Gasteiger partial charge in [-0.2, -0.15) is 0 Å². The summed E-state index contributed by atoms with van der Waals surface area (Å²) in [5.41, 5.74) is 2.47. The number of fused-ring (bicyclic) bond motifs is 5. The summed E-state index contributed by atoms with van der Waals surface area (Å²) < 4.78 is 11.7. The number of hydrogen-bond acceptors (Lipinski definition) is 4. The summed E-state index contributed by atoms with van der Waals surface area (Å²) >= 11 is 0. The van der Waals surface area contributed by atoms with Crippen molar-refractivity contribution in [2.24, 2.45) is 28.6 Å². The third kappa shape index (κ3) is 3.50. The molecule has 0 N–H and O–H groups in total. The molecular weight excluding hydrogens is 400 g/mol. The van der Waals surface area contributed by atoms with Crippen LogP contribution in [0.5, 0.6) is 0 Å². The highest BCUT2D eigenvalue weighted by atomic mass is 16.5. The maximum Gasteiger partial charge on any atom is 0.338 e. The molecule has 3 saturated carbocycles. The van der Waals surface area contributed by atoms with Gasteiger partial charge in [0.15, 0.2) is 0 Å². The fraction of sp³-hybridized carbons (Fsp3) is 0.643. The van der Waals surface area contributed by atoms with E-state index in [1.165, 1.54) is 18.4 Å². The molecule has 7 atom stereocenters. The predicted molar refractivity (Wildman–Crippen MR) is 123 cm³/mol. The summed E-state index contributed by atoms with van der Waals surface area (Å²) in [7, 11) is 0. The van der Waals surface area contributed by atoms with Crippen molar-refractivity contribution >= 4 is 11.9 Å². The molecule has 4 heteroatoms. The first-order valence-electron chi connectivity index (χ1n) is 12.4. The van der Waals surface area contributed by atoms with Gasteiger partial charge >= 0.3 is 11.9 Å². The molecule has 4 aliphatic rings. The SMILES string of the molecule is CC(=O)O[C@@H]1CC[C@@H]2[C@@H]3CC=C4C[C@H](OC(=O)c5ccccc5)CC[C@]4(C)[C@H]3CC[C@@]21C. The minimum atomic E-state index is -0.204. The third-order valence-corrected chi connectivity index (χ3v) is 9.56. The van der Waals surface area contributed by atoms with Crippen LogP contribution in [-0.2, 0) is 14.3 Å². The van der Waals surface area contributed by atoms with Gasteiger partial charge in [0.25, 0.3) is 0 Å². The lowest BCUT2D eigenvalue weighted by molar-refractivity contribution is -0.156. The van der Waals surface area contributed by atoms with E-state index in [4.69, 9.17) is 9.47 Å². The van der Waals surface area contributed by atoms with Gasteiger partial charge in [-0.15, -0.1) is 0 Å². The van der Waals surface area contributed by atoms with Crippen LogP contribution in [0.2, 0.25) is 0 Å². The van der Waals surface area contributed by atoms with Crippen molar-refractivity contribution < 1.29 is 19.1 Å². The smallest absolute Gasteiger partial charge is 0.338 e. The molecular formula is C28H36O4. The van der Waals surface area contributed by atoms with E-state index in [0.717, 1.165) is 38.5 Å². The number of carbonyl (C=O) groups is 2. The Hall–Kier alpha value is -2.10. The second-order valence-corrected chi connectivity index (χ2v) is 11.1. The van der Waals surface area contributed by atoms with Gasteiger partial charge in [0.2, 0.25) is 0 Å². The summed E-state index contributed by atoms with van der Waals surface area (Å²) in [6, 6.07) is 9.32. The molecule has 0 heterocycles. The quantitative estimate of drug-likeness (QED) is 0.424. The van der Waals surface area contributed by atoms with Crippen molar-refractivity contribution in [2.45, 2.75) is 84.3 Å². The van der Waals surface area contributed by atoms with Crippen LogP contribution in [0.4, 0.5) is 0 Å². The van der Waals surface area contributed by atoms with Crippen LogP contribution in [0.25, 0.3) is 0 Å². The van der Waals surface area contributed by atoms with Crippen LogP contribution in [0.3, 0.4) is 0 Å². The van der Waals surface area contributed by atoms with Gasteiger partial charge in [-0.1, -0.05) is 43.7 Å². The first-order valence-corrected chi connectivity index (χ1v) is 12.4. The maximum absolute atomic E-state index is 12.6. The van der Waals surface area contributed by atoms with Crippen LogP contribution in [0, 0.1) is 28.6 Å². The Morgan fingerprint density at radius 1 is 0.938 bits per heavy atom. The summed E-state index contributed by atoms with van der Waals surface area (Å²) in [6.07, 6.45) is 11.1. The summed E-state index contributed by atoms with van der Waals surface area (Å²) in [4.78, 5) is 24.2. The second-order valence-electron chi connectivity index (χ2n) is 11.1. The van der Waals surface area contributed by atoms with Gasteiger partial charge in [0.1, 0.15) is 12.2 Å². The largest absolute Gasteiger partial charge is 0.462 e. The average Bonchev–Trinajstić information content (AvgIpc) is 3.10. The highest BCUT2D eigenvalue weighted by molar-refractivity contribution is 5.89. The Bertz CT molecular complexity index is 921. The molecule has 3 fully saturated rings. The Labute approximate surface area is 191 Å². The number of hydrogen-bond donors (Lipinski definition) is 0. The topological polar surface area (TPSA) is 52.6 Å². The van der Waals surface area contributed by atoms with Crippen molar-refractivity contribution in [2.75, 3.05) is 0 Å². The van der Waals surface area contributed by atoms with Crippen molar-refractivity contribution in [3.05, 3.63) is 47.5 Å². The molecule has 0 aliphatic heterocycles. The molecule has 32 heavy (non-hydrogen) atoms. The van der Waals surface area contributed by atoms with Crippen LogP contribution in [0.15, 0.2) is 42.0 Å². The molecule has 4 aliphatic carbocycles. The first kappa shape index (κ1) is 21.7. The zero-order valence-electron chi connectivity index (χ0n) is 19.6. The molecule has 1 aromatic carbocycles. The molecule has 0 aromatic heterocycles. The normalized spacial score (nSPS) is 40.3. The summed E-state index contributed by atoms with van der Waals surface area (Å²) in [5.74, 6) is 1.65. The Balaban J connectivity index is 1.31. The number of rotatable bonds is 3. The molecule has 0 amide bonds. The first-order chi connectivity index (χ1) is 15.3. The molecule has 5 rings (SSSR count). The lowest BCUT2D eigenvalue weighted by Gasteiger charge is -2.57. The highest BCUT2D eigenvalue weighted by Gasteiger charge is 2.59. The van der Waals surface area contributed by atoms with Crippen molar-refractivity contribution in [1.29, 1.82) is 0 Å². The van der Waals surface area contributed by atoms with Crippen LogP contribution >= 0.6 is 0 Å². The number of esters is 2.